The third-order valence-electron chi connectivity index (χ3n) is 1.78. The molecule has 0 aliphatic carbocycles. The molecule has 0 N–H and O–H groups in total. The maximum Gasteiger partial charge on any atom is 0.231 e. The zero-order valence-corrected chi connectivity index (χ0v) is 6.45. The Morgan fingerprint density at radius 3 is 3.17 bits per heavy atom. The van der Waals surface area contributed by atoms with Crippen LogP contribution in [-0.2, 0) is 11.2 Å². The summed E-state index contributed by atoms with van der Waals surface area (Å²) in [5.41, 5.74) is 0.889. The van der Waals surface area contributed by atoms with E-state index >= 15 is 0 Å². The molecule has 0 fully saturated rings. The highest BCUT2D eigenvalue weighted by atomic mass is 16.7. The molecule has 1 aromatic rings. The molecule has 12 heavy (non-hydrogen) atoms. The lowest BCUT2D eigenvalue weighted by Crippen LogP contribution is -1.94. The second kappa shape index (κ2) is 2.85. The van der Waals surface area contributed by atoms with E-state index < -0.39 is 0 Å². The lowest BCUT2D eigenvalue weighted by atomic mass is 10.1. The van der Waals surface area contributed by atoms with Gasteiger partial charge >= 0.3 is 0 Å². The number of hydrogen-bond donors (Lipinski definition) is 0. The summed E-state index contributed by atoms with van der Waals surface area (Å²) in [7, 11) is 0. The molecule has 0 saturated carbocycles. The van der Waals surface area contributed by atoms with Gasteiger partial charge in [0.25, 0.3) is 0 Å². The van der Waals surface area contributed by atoms with Gasteiger partial charge in [0.15, 0.2) is 11.5 Å². The first-order valence-electron chi connectivity index (χ1n) is 3.73. The van der Waals surface area contributed by atoms with Crippen LogP contribution in [0, 0.1) is 0 Å². The standard InChI is InChI=1S/C9H8O3/c10-5-4-7-2-1-3-8-9(7)12-6-11-8/h1-3,5H,4,6H2. The molecule has 0 aromatic heterocycles. The normalized spacial score (nSPS) is 13.0. The SMILES string of the molecule is O=CCc1cccc2c1OCO2. The van der Waals surface area contributed by atoms with Crippen molar-refractivity contribution in [3.05, 3.63) is 23.8 Å². The van der Waals surface area contributed by atoms with E-state index in [1.165, 1.54) is 0 Å². The van der Waals surface area contributed by atoms with Gasteiger partial charge in [-0.15, -0.1) is 0 Å². The first-order valence-corrected chi connectivity index (χ1v) is 3.73. The minimum atomic E-state index is 0.255. The van der Waals surface area contributed by atoms with E-state index in [0.29, 0.717) is 12.2 Å². The molecule has 3 nitrogen and oxygen atoms in total. The van der Waals surface area contributed by atoms with Gasteiger partial charge in [-0.1, -0.05) is 12.1 Å². The number of ether oxygens (including phenoxy) is 2. The first-order chi connectivity index (χ1) is 5.92. The second-order valence-corrected chi connectivity index (χ2v) is 2.52. The lowest BCUT2D eigenvalue weighted by Gasteiger charge is -2.00. The quantitative estimate of drug-likeness (QED) is 0.615. The third-order valence-corrected chi connectivity index (χ3v) is 1.78. The fourth-order valence-corrected chi connectivity index (χ4v) is 1.24. The van der Waals surface area contributed by atoms with Crippen LogP contribution in [0.1, 0.15) is 5.56 Å². The summed E-state index contributed by atoms with van der Waals surface area (Å²) in [6, 6.07) is 5.55. The van der Waals surface area contributed by atoms with Gasteiger partial charge in [0.1, 0.15) is 6.29 Å². The van der Waals surface area contributed by atoms with Gasteiger partial charge in [0.05, 0.1) is 0 Å². The summed E-state index contributed by atoms with van der Waals surface area (Å²) < 4.78 is 10.3. The van der Waals surface area contributed by atoms with E-state index in [-0.39, 0.29) is 6.79 Å². The fourth-order valence-electron chi connectivity index (χ4n) is 1.24. The molecular formula is C9H8O3. The smallest absolute Gasteiger partial charge is 0.231 e. The molecule has 1 heterocycles. The molecule has 0 bridgehead atoms. The topological polar surface area (TPSA) is 35.5 Å². The van der Waals surface area contributed by atoms with Crippen molar-refractivity contribution in [2.24, 2.45) is 0 Å². The number of carbonyl (C=O) groups is 1. The number of benzene rings is 1. The molecule has 1 aliphatic heterocycles. The molecule has 1 aromatic carbocycles. The number of aldehydes is 1. The Bertz CT molecular complexity index is 307. The van der Waals surface area contributed by atoms with Crippen LogP contribution in [0.2, 0.25) is 0 Å². The van der Waals surface area contributed by atoms with Crippen molar-refractivity contribution >= 4 is 6.29 Å². The Kier molecular flexibility index (Phi) is 1.70. The molecule has 0 atom stereocenters. The monoisotopic (exact) mass is 164 g/mol. The van der Waals surface area contributed by atoms with Gasteiger partial charge < -0.3 is 14.3 Å². The van der Waals surface area contributed by atoms with Crippen molar-refractivity contribution < 1.29 is 14.3 Å². The van der Waals surface area contributed by atoms with Gasteiger partial charge in [0.2, 0.25) is 6.79 Å². The zero-order valence-electron chi connectivity index (χ0n) is 6.45. The number of para-hydroxylation sites is 1. The van der Waals surface area contributed by atoms with Crippen LogP contribution in [0.3, 0.4) is 0 Å². The van der Waals surface area contributed by atoms with Crippen LogP contribution < -0.4 is 9.47 Å². The molecule has 3 heteroatoms. The minimum absolute atomic E-state index is 0.255. The van der Waals surface area contributed by atoms with Gasteiger partial charge in [-0.05, 0) is 6.07 Å². The van der Waals surface area contributed by atoms with Crippen LogP contribution >= 0.6 is 0 Å². The Balaban J connectivity index is 2.42. The Morgan fingerprint density at radius 1 is 1.42 bits per heavy atom. The fraction of sp³-hybridized carbons (Fsp3) is 0.222. The zero-order chi connectivity index (χ0) is 8.39. The number of carbonyl (C=O) groups excluding carboxylic acids is 1. The van der Waals surface area contributed by atoms with Crippen molar-refractivity contribution in [1.29, 1.82) is 0 Å². The van der Waals surface area contributed by atoms with Gasteiger partial charge in [-0.3, -0.25) is 0 Å². The highest BCUT2D eigenvalue weighted by Crippen LogP contribution is 2.35. The summed E-state index contributed by atoms with van der Waals surface area (Å²) in [6.07, 6.45) is 1.24. The highest BCUT2D eigenvalue weighted by Gasteiger charge is 2.16. The van der Waals surface area contributed by atoms with Crippen molar-refractivity contribution in [3.63, 3.8) is 0 Å². The van der Waals surface area contributed by atoms with Crippen molar-refractivity contribution in [2.45, 2.75) is 6.42 Å². The molecule has 62 valence electrons. The molecular weight excluding hydrogens is 156 g/mol. The van der Waals surface area contributed by atoms with E-state index in [4.69, 9.17) is 9.47 Å². The van der Waals surface area contributed by atoms with E-state index in [0.717, 1.165) is 17.6 Å². The number of fused-ring (bicyclic) bond motifs is 1. The Morgan fingerprint density at radius 2 is 2.33 bits per heavy atom. The van der Waals surface area contributed by atoms with Crippen molar-refractivity contribution in [2.75, 3.05) is 6.79 Å². The van der Waals surface area contributed by atoms with E-state index in [1.807, 2.05) is 18.2 Å². The maximum atomic E-state index is 10.3. The Hall–Kier alpha value is -1.51. The predicted octanol–water partition coefficient (Wildman–Crippen LogP) is 1.16. The van der Waals surface area contributed by atoms with Crippen LogP contribution in [0.15, 0.2) is 18.2 Å². The molecule has 0 amide bonds. The van der Waals surface area contributed by atoms with E-state index in [2.05, 4.69) is 0 Å². The first kappa shape index (κ1) is 7.16. The summed E-state index contributed by atoms with van der Waals surface area (Å²) in [6.45, 7) is 0.255. The lowest BCUT2D eigenvalue weighted by molar-refractivity contribution is -0.107. The second-order valence-electron chi connectivity index (χ2n) is 2.52. The van der Waals surface area contributed by atoms with Crippen LogP contribution in [0.5, 0.6) is 11.5 Å². The summed E-state index contributed by atoms with van der Waals surface area (Å²) in [4.78, 5) is 10.3. The summed E-state index contributed by atoms with van der Waals surface area (Å²) in [5, 5.41) is 0. The largest absolute Gasteiger partial charge is 0.454 e. The number of hydrogen-bond acceptors (Lipinski definition) is 3. The number of rotatable bonds is 2. The highest BCUT2D eigenvalue weighted by molar-refractivity contribution is 5.60. The average Bonchev–Trinajstić information content (AvgIpc) is 2.53. The van der Waals surface area contributed by atoms with Crippen molar-refractivity contribution in [3.8, 4) is 11.5 Å². The van der Waals surface area contributed by atoms with E-state index in [1.54, 1.807) is 0 Å². The summed E-state index contributed by atoms with van der Waals surface area (Å²) >= 11 is 0. The molecule has 0 saturated heterocycles. The van der Waals surface area contributed by atoms with E-state index in [9.17, 15) is 4.79 Å². The predicted molar refractivity (Wildman–Crippen MR) is 42.3 cm³/mol. The van der Waals surface area contributed by atoms with Gasteiger partial charge in [-0.2, -0.15) is 0 Å². The summed E-state index contributed by atoms with van der Waals surface area (Å²) in [5.74, 6) is 1.44. The minimum Gasteiger partial charge on any atom is -0.454 e. The van der Waals surface area contributed by atoms with Crippen LogP contribution in [0.4, 0.5) is 0 Å². The Labute approximate surface area is 69.9 Å². The molecule has 0 spiro atoms. The molecule has 2 rings (SSSR count). The van der Waals surface area contributed by atoms with Gasteiger partial charge in [0, 0.05) is 12.0 Å². The van der Waals surface area contributed by atoms with Crippen molar-refractivity contribution in [1.82, 2.24) is 0 Å². The van der Waals surface area contributed by atoms with Crippen LogP contribution in [0.25, 0.3) is 0 Å². The molecule has 0 unspecified atom stereocenters. The maximum absolute atomic E-state index is 10.3. The van der Waals surface area contributed by atoms with Crippen LogP contribution in [-0.4, -0.2) is 13.1 Å². The molecule has 1 aliphatic rings. The molecule has 0 radical (unpaired) electrons. The average molecular weight is 164 g/mol. The van der Waals surface area contributed by atoms with Gasteiger partial charge in [-0.25, -0.2) is 0 Å². The third kappa shape index (κ3) is 1.03.